The molecule has 0 nitrogen and oxygen atoms in total. The van der Waals surface area contributed by atoms with Gasteiger partial charge in [-0.3, -0.25) is 0 Å². The Kier molecular flexibility index (Phi) is 3.40. The van der Waals surface area contributed by atoms with Crippen LogP contribution in [0.25, 0.3) is 0 Å². The van der Waals surface area contributed by atoms with Gasteiger partial charge in [0.25, 0.3) is 0 Å². The Hall–Kier alpha value is 0.130. The van der Waals surface area contributed by atoms with Crippen LogP contribution in [0, 0.1) is 0 Å². The molecule has 2 heteroatoms. The van der Waals surface area contributed by atoms with E-state index in [4.69, 9.17) is 0 Å². The van der Waals surface area contributed by atoms with Gasteiger partial charge in [-0.1, -0.05) is 26.5 Å². The molecule has 0 aliphatic carbocycles. The second-order valence-electron chi connectivity index (χ2n) is 2.18. The monoisotopic (exact) mass is 82.1 g/mol. The molecule has 34 valence electrons. The molecular weight excluding hydrogens is 69.7 g/mol. The highest BCUT2D eigenvalue weighted by Crippen LogP contribution is 1.92. The quantitative estimate of drug-likeness (QED) is 0.429. The van der Waals surface area contributed by atoms with E-state index in [9.17, 15) is 0 Å². The minimum Gasteiger partial charge on any atom is -0.0958 e. The molecule has 0 aliphatic heterocycles. The van der Waals surface area contributed by atoms with Crippen LogP contribution in [0.2, 0.25) is 12.6 Å². The van der Waals surface area contributed by atoms with Gasteiger partial charge in [0.2, 0.25) is 0 Å². The maximum absolute atomic E-state index is 2.25. The molecule has 0 saturated carbocycles. The number of hydrogen-bond acceptors (Lipinski definition) is 0. The van der Waals surface area contributed by atoms with Gasteiger partial charge >= 0.3 is 0 Å². The fourth-order valence-corrected chi connectivity index (χ4v) is 0.577. The van der Waals surface area contributed by atoms with Crippen molar-refractivity contribution in [2.75, 3.05) is 0 Å². The zero-order valence-corrected chi connectivity index (χ0v) is 4.99. The first-order chi connectivity index (χ1) is 2.77. The van der Waals surface area contributed by atoms with E-state index >= 15 is 0 Å². The fraction of sp³-hybridized carbons (Fsp3) is 1.00. The molecule has 0 aromatic carbocycles. The summed E-state index contributed by atoms with van der Waals surface area (Å²) in [6.07, 6.45) is 0. The average Bonchev–Trinajstić information content (AvgIpc) is 1.35. The lowest BCUT2D eigenvalue weighted by atomic mass is 9.36. The zero-order valence-electron chi connectivity index (χ0n) is 4.99. The molecule has 0 rings (SSSR count). The van der Waals surface area contributed by atoms with Crippen LogP contribution < -0.4 is 0 Å². The topological polar surface area (TPSA) is 0 Å². The Morgan fingerprint density at radius 2 is 1.83 bits per heavy atom. The van der Waals surface area contributed by atoms with E-state index in [0.717, 1.165) is 5.82 Å². The van der Waals surface area contributed by atoms with E-state index in [1.54, 1.807) is 0 Å². The summed E-state index contributed by atoms with van der Waals surface area (Å²) in [7, 11) is 2.71. The van der Waals surface area contributed by atoms with Gasteiger partial charge in [0.05, 0.1) is 14.3 Å². The van der Waals surface area contributed by atoms with Crippen molar-refractivity contribution < 1.29 is 0 Å². The first-order valence-corrected chi connectivity index (χ1v) is 2.77. The molecule has 0 aromatic rings. The van der Waals surface area contributed by atoms with Crippen LogP contribution >= 0.6 is 0 Å². The summed E-state index contributed by atoms with van der Waals surface area (Å²) in [4.78, 5) is 0. The van der Waals surface area contributed by atoms with Crippen molar-refractivity contribution in [1.82, 2.24) is 0 Å². The zero-order chi connectivity index (χ0) is 4.99. The molecule has 0 spiro atoms. The highest BCUT2D eigenvalue weighted by Gasteiger charge is 1.90. The molecule has 0 radical (unpaired) electrons. The van der Waals surface area contributed by atoms with E-state index < -0.39 is 0 Å². The minimum absolute atomic E-state index is 0.898. The van der Waals surface area contributed by atoms with Crippen LogP contribution in [-0.4, -0.2) is 14.3 Å². The molecule has 0 atom stereocenters. The van der Waals surface area contributed by atoms with Crippen molar-refractivity contribution in [3.63, 3.8) is 0 Å². The van der Waals surface area contributed by atoms with Crippen LogP contribution in [0.3, 0.4) is 0 Å². The van der Waals surface area contributed by atoms with Gasteiger partial charge in [-0.25, -0.2) is 0 Å². The van der Waals surface area contributed by atoms with Gasteiger partial charge in [-0.05, 0) is 0 Å². The van der Waals surface area contributed by atoms with Crippen molar-refractivity contribution in [2.45, 2.75) is 26.5 Å². The van der Waals surface area contributed by atoms with Gasteiger partial charge < -0.3 is 0 Å². The predicted molar refractivity (Wildman–Crippen MR) is 35.3 cm³/mol. The minimum atomic E-state index is 0.898. The Balaban J connectivity index is 2.63. The van der Waals surface area contributed by atoms with E-state index in [-0.39, 0.29) is 0 Å². The summed E-state index contributed by atoms with van der Waals surface area (Å²) in [6.45, 7) is 6.73. The first kappa shape index (κ1) is 6.13. The summed E-state index contributed by atoms with van der Waals surface area (Å²) >= 11 is 0. The van der Waals surface area contributed by atoms with Gasteiger partial charge in [0.15, 0.2) is 0 Å². The normalized spacial score (nSPS) is 8.67. The molecule has 0 aliphatic rings. The molecule has 0 saturated heterocycles. The fourth-order valence-electron chi connectivity index (χ4n) is 0.577. The third kappa shape index (κ3) is 4.13. The van der Waals surface area contributed by atoms with E-state index in [2.05, 4.69) is 20.7 Å². The number of hydrogen-bond donors (Lipinski definition) is 0. The van der Waals surface area contributed by atoms with E-state index in [1.165, 1.54) is 14.3 Å². The molecule has 0 unspecified atom stereocenters. The van der Waals surface area contributed by atoms with Crippen LogP contribution in [0.1, 0.15) is 13.8 Å². The molecular formula is C4H12B2. The Bertz CT molecular complexity index is 26.7. The average molecular weight is 81.8 g/mol. The van der Waals surface area contributed by atoms with Gasteiger partial charge in [0, 0.05) is 0 Å². The Morgan fingerprint density at radius 1 is 1.33 bits per heavy atom. The molecule has 0 bridgehead atoms. The maximum atomic E-state index is 2.25. The Labute approximate surface area is 41.8 Å². The number of rotatable bonds is 2. The largest absolute Gasteiger partial charge is 0.0958 e. The lowest BCUT2D eigenvalue weighted by Crippen LogP contribution is -2.01. The van der Waals surface area contributed by atoms with Crippen LogP contribution in [0.5, 0.6) is 0 Å². The predicted octanol–water partition coefficient (Wildman–Crippen LogP) is 0.651. The highest BCUT2D eigenvalue weighted by atomic mass is 13.7. The summed E-state index contributed by atoms with van der Waals surface area (Å²) in [6, 6.07) is 0. The van der Waals surface area contributed by atoms with Gasteiger partial charge in [0.1, 0.15) is 0 Å². The standard InChI is InChI=1S/C4H12B2/c1-4(2)6-5-3/h4-6H,1-3H3. The molecule has 0 amide bonds. The molecule has 0 N–H and O–H groups in total. The van der Waals surface area contributed by atoms with Crippen LogP contribution in [0.4, 0.5) is 0 Å². The second kappa shape index (κ2) is 3.32. The smallest absolute Gasteiger partial charge is 0.0894 e. The third-order valence-corrected chi connectivity index (χ3v) is 0.866. The van der Waals surface area contributed by atoms with Crippen LogP contribution in [-0.2, 0) is 0 Å². The summed E-state index contributed by atoms with van der Waals surface area (Å²) in [5, 5.41) is 0. The molecule has 0 heterocycles. The second-order valence-corrected chi connectivity index (χ2v) is 2.18. The summed E-state index contributed by atoms with van der Waals surface area (Å²) in [5.41, 5.74) is 0. The van der Waals surface area contributed by atoms with Gasteiger partial charge in [-0.15, -0.1) is 0 Å². The van der Waals surface area contributed by atoms with E-state index in [0.29, 0.717) is 0 Å². The molecule has 0 fully saturated rings. The highest BCUT2D eigenvalue weighted by molar-refractivity contribution is 7.00. The van der Waals surface area contributed by atoms with Crippen molar-refractivity contribution >= 4 is 14.3 Å². The summed E-state index contributed by atoms with van der Waals surface area (Å²) in [5.74, 6) is 0.898. The SMILES string of the molecule is CBBC(C)C. The maximum Gasteiger partial charge on any atom is 0.0894 e. The van der Waals surface area contributed by atoms with Crippen molar-refractivity contribution in [3.05, 3.63) is 0 Å². The first-order valence-electron chi connectivity index (χ1n) is 2.77. The van der Waals surface area contributed by atoms with Crippen molar-refractivity contribution in [1.29, 1.82) is 0 Å². The van der Waals surface area contributed by atoms with Crippen molar-refractivity contribution in [2.24, 2.45) is 0 Å². The molecule has 0 aromatic heterocycles. The van der Waals surface area contributed by atoms with Gasteiger partial charge in [-0.2, -0.15) is 0 Å². The Morgan fingerprint density at radius 3 is 1.83 bits per heavy atom. The lowest BCUT2D eigenvalue weighted by Gasteiger charge is -1.92. The molecule has 6 heavy (non-hydrogen) atoms. The third-order valence-electron chi connectivity index (χ3n) is 0.866. The van der Waals surface area contributed by atoms with Crippen molar-refractivity contribution in [3.8, 4) is 0 Å². The van der Waals surface area contributed by atoms with E-state index in [1.807, 2.05) is 0 Å². The lowest BCUT2D eigenvalue weighted by molar-refractivity contribution is 1.07. The van der Waals surface area contributed by atoms with Crippen LogP contribution in [0.15, 0.2) is 0 Å². The summed E-state index contributed by atoms with van der Waals surface area (Å²) < 4.78 is 0.